The SMILES string of the molecule is CCc1ccc([C@H]2C[C@H](C)CN2)nc1. The number of hydrogen-bond donors (Lipinski definition) is 1. The monoisotopic (exact) mass is 190 g/mol. The lowest BCUT2D eigenvalue weighted by molar-refractivity contribution is 0.598. The Bertz CT molecular complexity index is 292. The number of aromatic nitrogens is 1. The molecule has 0 unspecified atom stereocenters. The molecule has 0 bridgehead atoms. The van der Waals surface area contributed by atoms with Gasteiger partial charge in [0.25, 0.3) is 0 Å². The highest BCUT2D eigenvalue weighted by Crippen LogP contribution is 2.25. The topological polar surface area (TPSA) is 24.9 Å². The van der Waals surface area contributed by atoms with Crippen LogP contribution in [-0.4, -0.2) is 11.5 Å². The van der Waals surface area contributed by atoms with Crippen molar-refractivity contribution in [1.82, 2.24) is 10.3 Å². The Balaban J connectivity index is 2.09. The Morgan fingerprint density at radius 2 is 2.36 bits per heavy atom. The van der Waals surface area contributed by atoms with Gasteiger partial charge < -0.3 is 5.32 Å². The minimum atomic E-state index is 0.482. The zero-order valence-corrected chi connectivity index (χ0v) is 8.96. The Morgan fingerprint density at radius 3 is 2.86 bits per heavy atom. The van der Waals surface area contributed by atoms with Crippen molar-refractivity contribution in [1.29, 1.82) is 0 Å². The van der Waals surface area contributed by atoms with E-state index in [1.807, 2.05) is 6.20 Å². The van der Waals surface area contributed by atoms with Crippen molar-refractivity contribution in [2.24, 2.45) is 5.92 Å². The molecule has 1 aromatic rings. The number of nitrogens with zero attached hydrogens (tertiary/aromatic N) is 1. The van der Waals surface area contributed by atoms with Crippen LogP contribution in [0.4, 0.5) is 0 Å². The van der Waals surface area contributed by atoms with Crippen LogP contribution in [0.2, 0.25) is 0 Å². The fourth-order valence-corrected chi connectivity index (χ4v) is 1.99. The predicted molar refractivity (Wildman–Crippen MR) is 58.1 cm³/mol. The average molecular weight is 190 g/mol. The molecule has 1 fully saturated rings. The molecule has 2 heteroatoms. The van der Waals surface area contributed by atoms with Gasteiger partial charge in [-0.15, -0.1) is 0 Å². The molecule has 1 N–H and O–H groups in total. The highest BCUT2D eigenvalue weighted by Gasteiger charge is 2.22. The van der Waals surface area contributed by atoms with E-state index < -0.39 is 0 Å². The Hall–Kier alpha value is -0.890. The first kappa shape index (κ1) is 9.66. The molecular weight excluding hydrogens is 172 g/mol. The van der Waals surface area contributed by atoms with Gasteiger partial charge in [0.1, 0.15) is 0 Å². The number of pyridine rings is 1. The Morgan fingerprint density at radius 1 is 1.50 bits per heavy atom. The van der Waals surface area contributed by atoms with Crippen LogP contribution in [0.1, 0.15) is 37.6 Å². The van der Waals surface area contributed by atoms with Crippen molar-refractivity contribution in [3.05, 3.63) is 29.6 Å². The van der Waals surface area contributed by atoms with Crippen LogP contribution in [0, 0.1) is 5.92 Å². The molecule has 0 aromatic carbocycles. The fraction of sp³-hybridized carbons (Fsp3) is 0.583. The summed E-state index contributed by atoms with van der Waals surface area (Å²) in [6.45, 7) is 5.57. The molecule has 0 saturated carbocycles. The van der Waals surface area contributed by atoms with E-state index in [1.54, 1.807) is 0 Å². The van der Waals surface area contributed by atoms with Gasteiger partial charge in [-0.05, 0) is 36.9 Å². The number of aryl methyl sites for hydroxylation is 1. The zero-order valence-electron chi connectivity index (χ0n) is 8.96. The number of hydrogen-bond acceptors (Lipinski definition) is 2. The highest BCUT2D eigenvalue weighted by atomic mass is 15.0. The van der Waals surface area contributed by atoms with E-state index in [1.165, 1.54) is 17.7 Å². The summed E-state index contributed by atoms with van der Waals surface area (Å²) in [5.74, 6) is 0.785. The van der Waals surface area contributed by atoms with Gasteiger partial charge >= 0.3 is 0 Å². The van der Waals surface area contributed by atoms with E-state index in [0.717, 1.165) is 18.9 Å². The van der Waals surface area contributed by atoms with Gasteiger partial charge in [-0.3, -0.25) is 4.98 Å². The molecule has 1 saturated heterocycles. The normalized spacial score (nSPS) is 26.7. The maximum atomic E-state index is 4.50. The van der Waals surface area contributed by atoms with E-state index in [9.17, 15) is 0 Å². The minimum Gasteiger partial charge on any atom is -0.308 e. The number of nitrogens with one attached hydrogen (secondary N) is 1. The molecule has 0 radical (unpaired) electrons. The molecule has 1 aliphatic rings. The molecule has 2 rings (SSSR count). The molecule has 0 aliphatic carbocycles. The summed E-state index contributed by atoms with van der Waals surface area (Å²) in [7, 11) is 0. The number of rotatable bonds is 2. The third-order valence-electron chi connectivity index (χ3n) is 2.96. The van der Waals surface area contributed by atoms with Gasteiger partial charge in [-0.2, -0.15) is 0 Å². The molecule has 2 nitrogen and oxygen atoms in total. The summed E-state index contributed by atoms with van der Waals surface area (Å²) in [5.41, 5.74) is 2.52. The molecule has 76 valence electrons. The summed E-state index contributed by atoms with van der Waals surface area (Å²) in [6.07, 6.45) is 4.29. The van der Waals surface area contributed by atoms with Crippen molar-refractivity contribution in [3.63, 3.8) is 0 Å². The smallest absolute Gasteiger partial charge is 0.0573 e. The van der Waals surface area contributed by atoms with E-state index in [4.69, 9.17) is 0 Å². The summed E-state index contributed by atoms with van der Waals surface area (Å²) < 4.78 is 0. The van der Waals surface area contributed by atoms with Gasteiger partial charge in [0.15, 0.2) is 0 Å². The molecule has 1 aliphatic heterocycles. The van der Waals surface area contributed by atoms with E-state index >= 15 is 0 Å². The highest BCUT2D eigenvalue weighted by molar-refractivity contribution is 5.17. The lowest BCUT2D eigenvalue weighted by atomic mass is 10.0. The van der Waals surface area contributed by atoms with Gasteiger partial charge in [-0.1, -0.05) is 19.9 Å². The van der Waals surface area contributed by atoms with Crippen molar-refractivity contribution >= 4 is 0 Å². The summed E-state index contributed by atoms with van der Waals surface area (Å²) in [4.78, 5) is 4.50. The molecule has 2 atom stereocenters. The second-order valence-corrected chi connectivity index (χ2v) is 4.25. The maximum Gasteiger partial charge on any atom is 0.0573 e. The van der Waals surface area contributed by atoms with E-state index in [2.05, 4.69) is 36.3 Å². The summed E-state index contributed by atoms with van der Waals surface area (Å²) >= 11 is 0. The standard InChI is InChI=1S/C12H18N2/c1-3-10-4-5-11(14-8-10)12-6-9(2)7-13-12/h4-5,8-9,12-13H,3,6-7H2,1-2H3/t9-,12+/m0/s1. The molecule has 0 spiro atoms. The largest absolute Gasteiger partial charge is 0.308 e. The first-order valence-electron chi connectivity index (χ1n) is 5.47. The van der Waals surface area contributed by atoms with Crippen LogP contribution < -0.4 is 5.32 Å². The van der Waals surface area contributed by atoms with E-state index in [-0.39, 0.29) is 0 Å². The van der Waals surface area contributed by atoms with Crippen LogP contribution in [0.15, 0.2) is 18.3 Å². The van der Waals surface area contributed by atoms with Crippen LogP contribution in [0.25, 0.3) is 0 Å². The lowest BCUT2D eigenvalue weighted by Crippen LogP contribution is -2.14. The average Bonchev–Trinajstić information content (AvgIpc) is 2.65. The van der Waals surface area contributed by atoms with Crippen LogP contribution in [-0.2, 0) is 6.42 Å². The Labute approximate surface area is 85.7 Å². The summed E-state index contributed by atoms with van der Waals surface area (Å²) in [6, 6.07) is 4.83. The van der Waals surface area contributed by atoms with Crippen LogP contribution >= 0.6 is 0 Å². The molecule has 2 heterocycles. The molecular formula is C12H18N2. The molecule has 0 amide bonds. The van der Waals surface area contributed by atoms with Gasteiger partial charge in [0.2, 0.25) is 0 Å². The third-order valence-corrected chi connectivity index (χ3v) is 2.96. The van der Waals surface area contributed by atoms with Crippen molar-refractivity contribution in [3.8, 4) is 0 Å². The summed E-state index contributed by atoms with van der Waals surface area (Å²) in [5, 5.41) is 3.50. The zero-order chi connectivity index (χ0) is 9.97. The van der Waals surface area contributed by atoms with E-state index in [0.29, 0.717) is 6.04 Å². The first-order valence-corrected chi connectivity index (χ1v) is 5.47. The molecule has 14 heavy (non-hydrogen) atoms. The predicted octanol–water partition coefficient (Wildman–Crippen LogP) is 2.31. The minimum absolute atomic E-state index is 0.482. The Kier molecular flexibility index (Phi) is 2.82. The van der Waals surface area contributed by atoms with Crippen molar-refractivity contribution in [2.75, 3.05) is 6.54 Å². The fourth-order valence-electron chi connectivity index (χ4n) is 1.99. The maximum absolute atomic E-state index is 4.50. The van der Waals surface area contributed by atoms with Gasteiger partial charge in [0.05, 0.1) is 5.69 Å². The second-order valence-electron chi connectivity index (χ2n) is 4.25. The quantitative estimate of drug-likeness (QED) is 0.774. The second kappa shape index (κ2) is 4.09. The van der Waals surface area contributed by atoms with Crippen molar-refractivity contribution in [2.45, 2.75) is 32.7 Å². The molecule has 1 aromatic heterocycles. The third kappa shape index (κ3) is 1.95. The first-order chi connectivity index (χ1) is 6.79. The van der Waals surface area contributed by atoms with Gasteiger partial charge in [0, 0.05) is 12.2 Å². The van der Waals surface area contributed by atoms with Crippen LogP contribution in [0.5, 0.6) is 0 Å². The lowest BCUT2D eigenvalue weighted by Gasteiger charge is -2.09. The van der Waals surface area contributed by atoms with Crippen LogP contribution in [0.3, 0.4) is 0 Å². The van der Waals surface area contributed by atoms with Gasteiger partial charge in [-0.25, -0.2) is 0 Å². The van der Waals surface area contributed by atoms with Crippen molar-refractivity contribution < 1.29 is 0 Å².